The van der Waals surface area contributed by atoms with Crippen LogP contribution in [0, 0.1) is 5.92 Å². The molecule has 4 heteroatoms. The van der Waals surface area contributed by atoms with Gasteiger partial charge in [-0.1, -0.05) is 13.3 Å². The second-order valence-corrected chi connectivity index (χ2v) is 6.55. The fourth-order valence-electron chi connectivity index (χ4n) is 3.75. The Morgan fingerprint density at radius 1 is 1.27 bits per heavy atom. The standard InChI is InChI=1S/C18H26N2O.ClH/c1-3-13-4-7-16(8-5-13)20(2)18(21)15-6-9-17-14(12-15)10-11-19-17;/h6,9,12-13,16,19H,3-5,7-8,10-11H2,1-2H3;1H. The lowest BCUT2D eigenvalue weighted by molar-refractivity contribution is 0.0674. The zero-order valence-corrected chi connectivity index (χ0v) is 14.4. The number of fused-ring (bicyclic) bond motifs is 1. The van der Waals surface area contributed by atoms with Crippen molar-refractivity contribution in [3.8, 4) is 0 Å². The largest absolute Gasteiger partial charge is 0.384 e. The van der Waals surface area contributed by atoms with Crippen LogP contribution in [-0.2, 0) is 6.42 Å². The minimum Gasteiger partial charge on any atom is -0.384 e. The van der Waals surface area contributed by atoms with Gasteiger partial charge in [-0.3, -0.25) is 4.79 Å². The second-order valence-electron chi connectivity index (χ2n) is 6.55. The molecule has 0 aromatic heterocycles. The van der Waals surface area contributed by atoms with Crippen molar-refractivity contribution in [1.82, 2.24) is 4.90 Å². The molecule has 2 aliphatic rings. The van der Waals surface area contributed by atoms with Gasteiger partial charge in [-0.25, -0.2) is 0 Å². The molecule has 0 radical (unpaired) electrons. The molecule has 1 aliphatic heterocycles. The van der Waals surface area contributed by atoms with Crippen molar-refractivity contribution in [2.45, 2.75) is 51.5 Å². The minimum absolute atomic E-state index is 0. The van der Waals surface area contributed by atoms with Crippen LogP contribution in [0.1, 0.15) is 54.9 Å². The van der Waals surface area contributed by atoms with Gasteiger partial charge in [-0.15, -0.1) is 12.4 Å². The second kappa shape index (κ2) is 7.36. The van der Waals surface area contributed by atoms with Gasteiger partial charge in [0.2, 0.25) is 0 Å². The van der Waals surface area contributed by atoms with E-state index in [9.17, 15) is 4.79 Å². The van der Waals surface area contributed by atoms with Gasteiger partial charge in [0.15, 0.2) is 0 Å². The maximum absolute atomic E-state index is 12.7. The highest BCUT2D eigenvalue weighted by Gasteiger charge is 2.26. The zero-order chi connectivity index (χ0) is 14.8. The molecule has 0 atom stereocenters. The van der Waals surface area contributed by atoms with Crippen molar-refractivity contribution in [2.24, 2.45) is 5.92 Å². The van der Waals surface area contributed by atoms with Crippen LogP contribution in [0.15, 0.2) is 18.2 Å². The van der Waals surface area contributed by atoms with Crippen LogP contribution < -0.4 is 5.32 Å². The highest BCUT2D eigenvalue weighted by molar-refractivity contribution is 5.95. The molecule has 22 heavy (non-hydrogen) atoms. The molecule has 1 aromatic rings. The lowest BCUT2D eigenvalue weighted by atomic mass is 9.84. The smallest absolute Gasteiger partial charge is 0.253 e. The van der Waals surface area contributed by atoms with E-state index in [4.69, 9.17) is 0 Å². The molecule has 3 rings (SSSR count). The van der Waals surface area contributed by atoms with Crippen molar-refractivity contribution < 1.29 is 4.79 Å². The van der Waals surface area contributed by atoms with Crippen LogP contribution in [0.3, 0.4) is 0 Å². The summed E-state index contributed by atoms with van der Waals surface area (Å²) in [6.45, 7) is 3.27. The highest BCUT2D eigenvalue weighted by atomic mass is 35.5. The number of halogens is 1. The Morgan fingerprint density at radius 3 is 2.68 bits per heavy atom. The van der Waals surface area contributed by atoms with E-state index in [1.54, 1.807) is 0 Å². The number of hydrogen-bond acceptors (Lipinski definition) is 2. The number of rotatable bonds is 3. The summed E-state index contributed by atoms with van der Waals surface area (Å²) in [4.78, 5) is 14.7. The van der Waals surface area contributed by atoms with Crippen LogP contribution >= 0.6 is 12.4 Å². The third-order valence-corrected chi connectivity index (χ3v) is 5.32. The maximum Gasteiger partial charge on any atom is 0.253 e. The molecule has 1 fully saturated rings. The van der Waals surface area contributed by atoms with Gasteiger partial charge in [-0.2, -0.15) is 0 Å². The zero-order valence-electron chi connectivity index (χ0n) is 13.6. The van der Waals surface area contributed by atoms with E-state index in [0.29, 0.717) is 6.04 Å². The lowest BCUT2D eigenvalue weighted by Crippen LogP contribution is -2.39. The van der Waals surface area contributed by atoms with Gasteiger partial charge in [0, 0.05) is 30.9 Å². The Morgan fingerprint density at radius 2 is 2.00 bits per heavy atom. The Labute approximate surface area is 139 Å². The van der Waals surface area contributed by atoms with E-state index >= 15 is 0 Å². The first-order valence-electron chi connectivity index (χ1n) is 8.33. The lowest BCUT2D eigenvalue weighted by Gasteiger charge is -2.34. The molecule has 1 aromatic carbocycles. The van der Waals surface area contributed by atoms with Gasteiger partial charge < -0.3 is 10.2 Å². The third-order valence-electron chi connectivity index (χ3n) is 5.32. The number of hydrogen-bond donors (Lipinski definition) is 1. The predicted molar refractivity (Wildman–Crippen MR) is 94.0 cm³/mol. The summed E-state index contributed by atoms with van der Waals surface area (Å²) < 4.78 is 0. The molecule has 3 nitrogen and oxygen atoms in total. The summed E-state index contributed by atoms with van der Waals surface area (Å²) >= 11 is 0. The highest BCUT2D eigenvalue weighted by Crippen LogP contribution is 2.30. The van der Waals surface area contributed by atoms with Crippen LogP contribution in [0.4, 0.5) is 5.69 Å². The fourth-order valence-corrected chi connectivity index (χ4v) is 3.75. The van der Waals surface area contributed by atoms with Crippen molar-refractivity contribution >= 4 is 24.0 Å². The summed E-state index contributed by atoms with van der Waals surface area (Å²) in [5, 5.41) is 3.35. The molecule has 122 valence electrons. The van der Waals surface area contributed by atoms with E-state index in [0.717, 1.165) is 37.3 Å². The number of benzene rings is 1. The van der Waals surface area contributed by atoms with Crippen molar-refractivity contribution in [1.29, 1.82) is 0 Å². The molecule has 1 heterocycles. The van der Waals surface area contributed by atoms with Gasteiger partial charge in [0.05, 0.1) is 0 Å². The number of nitrogens with zero attached hydrogens (tertiary/aromatic N) is 1. The Hall–Kier alpha value is -1.22. The fraction of sp³-hybridized carbons (Fsp3) is 0.611. The van der Waals surface area contributed by atoms with E-state index in [1.165, 1.54) is 30.5 Å². The third kappa shape index (κ3) is 3.40. The number of anilines is 1. The number of nitrogens with one attached hydrogen (secondary N) is 1. The summed E-state index contributed by atoms with van der Waals surface area (Å²) in [7, 11) is 1.98. The summed E-state index contributed by atoms with van der Waals surface area (Å²) in [6.07, 6.45) is 7.17. The molecule has 1 aliphatic carbocycles. The maximum atomic E-state index is 12.7. The quantitative estimate of drug-likeness (QED) is 0.908. The van der Waals surface area contributed by atoms with Crippen LogP contribution in [0.5, 0.6) is 0 Å². The normalized spacial score (nSPS) is 23.2. The molecule has 1 N–H and O–H groups in total. The van der Waals surface area contributed by atoms with Crippen molar-refractivity contribution in [3.05, 3.63) is 29.3 Å². The first kappa shape index (κ1) is 17.1. The Balaban J connectivity index is 0.00000176. The first-order valence-corrected chi connectivity index (χ1v) is 8.33. The Bertz CT molecular complexity index is 524. The molecule has 0 spiro atoms. The average Bonchev–Trinajstić information content (AvgIpc) is 3.01. The summed E-state index contributed by atoms with van der Waals surface area (Å²) in [6, 6.07) is 6.52. The molecular weight excluding hydrogens is 296 g/mol. The SMILES string of the molecule is CCC1CCC(N(C)C(=O)c2ccc3c(c2)CCN3)CC1.Cl. The van der Waals surface area contributed by atoms with E-state index in [1.807, 2.05) is 18.0 Å². The Kier molecular flexibility index (Phi) is 5.74. The minimum atomic E-state index is 0. The topological polar surface area (TPSA) is 32.3 Å². The van der Waals surface area contributed by atoms with Crippen LogP contribution in [0.2, 0.25) is 0 Å². The molecule has 0 unspecified atom stereocenters. The van der Waals surface area contributed by atoms with Crippen LogP contribution in [-0.4, -0.2) is 30.4 Å². The summed E-state index contributed by atoms with van der Waals surface area (Å²) in [5.41, 5.74) is 3.32. The summed E-state index contributed by atoms with van der Waals surface area (Å²) in [5.74, 6) is 1.06. The monoisotopic (exact) mass is 322 g/mol. The van der Waals surface area contributed by atoms with E-state index in [-0.39, 0.29) is 18.3 Å². The molecule has 0 saturated heterocycles. The number of carbonyl (C=O) groups is 1. The van der Waals surface area contributed by atoms with E-state index in [2.05, 4.69) is 24.4 Å². The van der Waals surface area contributed by atoms with Crippen molar-refractivity contribution in [3.63, 3.8) is 0 Å². The van der Waals surface area contributed by atoms with Crippen molar-refractivity contribution in [2.75, 3.05) is 18.9 Å². The van der Waals surface area contributed by atoms with Gasteiger partial charge in [0.1, 0.15) is 0 Å². The predicted octanol–water partition coefficient (Wildman–Crippen LogP) is 4.12. The average molecular weight is 323 g/mol. The van der Waals surface area contributed by atoms with Gasteiger partial charge >= 0.3 is 0 Å². The number of carbonyl (C=O) groups excluding carboxylic acids is 1. The number of amides is 1. The molecular formula is C18H27ClN2O. The first-order chi connectivity index (χ1) is 10.2. The molecule has 1 amide bonds. The molecule has 1 saturated carbocycles. The van der Waals surface area contributed by atoms with Gasteiger partial charge in [0.25, 0.3) is 5.91 Å². The van der Waals surface area contributed by atoms with E-state index < -0.39 is 0 Å². The molecule has 0 bridgehead atoms. The van der Waals surface area contributed by atoms with Gasteiger partial charge in [-0.05, 0) is 61.8 Å². The van der Waals surface area contributed by atoms with Crippen LogP contribution in [0.25, 0.3) is 0 Å².